The lowest BCUT2D eigenvalue weighted by Crippen LogP contribution is -2.44. The highest BCUT2D eigenvalue weighted by Gasteiger charge is 2.33. The minimum atomic E-state index is -0.318. The predicted molar refractivity (Wildman–Crippen MR) is 77.3 cm³/mol. The number of hydrogen-bond acceptors (Lipinski definition) is 2. The molecule has 96 valence electrons. The molecule has 0 aliphatic carbocycles. The van der Waals surface area contributed by atoms with Crippen molar-refractivity contribution < 1.29 is 9.59 Å². The summed E-state index contributed by atoms with van der Waals surface area (Å²) in [6.07, 6.45) is 1.63. The van der Waals surface area contributed by atoms with Gasteiger partial charge in [-0.15, -0.1) is 0 Å². The molecule has 0 spiro atoms. The van der Waals surface area contributed by atoms with Gasteiger partial charge in [0, 0.05) is 22.7 Å². The molecule has 1 saturated heterocycles. The first kappa shape index (κ1) is 13.3. The molecule has 1 unspecified atom stereocenters. The maximum absolute atomic E-state index is 12.3. The summed E-state index contributed by atoms with van der Waals surface area (Å²) in [5.41, 5.74) is 0.645. The lowest BCUT2D eigenvalue weighted by Gasteiger charge is -2.23. The number of benzene rings is 1. The fourth-order valence-electron chi connectivity index (χ4n) is 2.21. The summed E-state index contributed by atoms with van der Waals surface area (Å²) in [5, 5.41) is 2.62. The zero-order valence-electron chi connectivity index (χ0n) is 10.1. The zero-order valence-corrected chi connectivity index (χ0v) is 12.3. The molecule has 1 aromatic carbocycles. The van der Waals surface area contributed by atoms with E-state index >= 15 is 0 Å². The second-order valence-electron chi connectivity index (χ2n) is 4.28. The molecule has 1 atom stereocenters. The second kappa shape index (κ2) is 5.69. The molecule has 1 heterocycles. The Balaban J connectivity index is 2.17. The van der Waals surface area contributed by atoms with Crippen LogP contribution in [0.3, 0.4) is 0 Å². The van der Waals surface area contributed by atoms with Crippen LogP contribution in [0.1, 0.15) is 23.2 Å². The van der Waals surface area contributed by atoms with Crippen molar-refractivity contribution in [3.8, 4) is 0 Å². The van der Waals surface area contributed by atoms with E-state index in [1.807, 2.05) is 24.3 Å². The third-order valence-electron chi connectivity index (χ3n) is 3.15. The van der Waals surface area contributed by atoms with Crippen molar-refractivity contribution in [3.63, 3.8) is 0 Å². The van der Waals surface area contributed by atoms with E-state index in [0.29, 0.717) is 12.1 Å². The Kier molecular flexibility index (Phi) is 4.21. The normalized spacial score (nSPS) is 18.8. The summed E-state index contributed by atoms with van der Waals surface area (Å²) in [4.78, 5) is 25.7. The second-order valence-corrected chi connectivity index (χ2v) is 5.52. The Hall–Kier alpha value is -1.11. The van der Waals surface area contributed by atoms with E-state index in [0.717, 1.165) is 16.4 Å². The van der Waals surface area contributed by atoms with E-state index in [2.05, 4.69) is 27.9 Å². The Morgan fingerprint density at radius 2 is 2.00 bits per heavy atom. The number of halogens is 1. The number of hydrogen-bond donors (Lipinski definition) is 1. The van der Waals surface area contributed by atoms with Crippen LogP contribution in [0.5, 0.6) is 0 Å². The molecule has 2 amide bonds. The van der Waals surface area contributed by atoms with E-state index in [1.165, 1.54) is 0 Å². The van der Waals surface area contributed by atoms with Crippen LogP contribution in [0.25, 0.3) is 0 Å². The molecule has 1 aromatic rings. The topological polar surface area (TPSA) is 49.4 Å². The molecule has 2 rings (SSSR count). The highest BCUT2D eigenvalue weighted by Crippen LogP contribution is 2.20. The van der Waals surface area contributed by atoms with Crippen molar-refractivity contribution in [3.05, 3.63) is 33.4 Å². The number of amides is 2. The number of likely N-dealkylation sites (N-methyl/N-ethyl adjacent to an activating group) is 1. The van der Waals surface area contributed by atoms with Gasteiger partial charge in [0.25, 0.3) is 5.91 Å². The molecule has 4 nitrogen and oxygen atoms in total. The van der Waals surface area contributed by atoms with Crippen LogP contribution in [0.4, 0.5) is 0 Å². The number of likely N-dealkylation sites (tertiary alicyclic amines) is 1. The molecule has 18 heavy (non-hydrogen) atoms. The number of nitrogens with one attached hydrogen (secondary N) is 1. The molecule has 0 bridgehead atoms. The van der Waals surface area contributed by atoms with Crippen molar-refractivity contribution >= 4 is 34.4 Å². The minimum Gasteiger partial charge on any atom is -0.357 e. The Morgan fingerprint density at radius 1 is 1.33 bits per heavy atom. The maximum Gasteiger partial charge on any atom is 0.254 e. The first-order chi connectivity index (χ1) is 8.63. The van der Waals surface area contributed by atoms with E-state index in [-0.39, 0.29) is 17.9 Å². The summed E-state index contributed by atoms with van der Waals surface area (Å²) in [6, 6.07) is 7.10. The summed E-state index contributed by atoms with van der Waals surface area (Å²) in [7, 11) is 1.61. The van der Waals surface area contributed by atoms with Crippen LogP contribution < -0.4 is 5.32 Å². The first-order valence-corrected chi connectivity index (χ1v) is 6.99. The molecule has 1 aliphatic rings. The lowest BCUT2D eigenvalue weighted by atomic mass is 10.1. The van der Waals surface area contributed by atoms with E-state index in [9.17, 15) is 9.59 Å². The number of carbonyl (C=O) groups is 2. The van der Waals surface area contributed by atoms with Gasteiger partial charge in [-0.1, -0.05) is 0 Å². The molecule has 5 heteroatoms. The largest absolute Gasteiger partial charge is 0.357 e. The van der Waals surface area contributed by atoms with Gasteiger partial charge < -0.3 is 10.2 Å². The van der Waals surface area contributed by atoms with Gasteiger partial charge in [0.05, 0.1) is 0 Å². The standard InChI is InChI=1S/C13H15IN2O2/c1-15-12(17)11-3-2-8-16(11)13(18)9-4-6-10(14)7-5-9/h4-7,11H,2-3,8H2,1H3,(H,15,17). The number of rotatable bonds is 2. The summed E-state index contributed by atoms with van der Waals surface area (Å²) in [5.74, 6) is -0.135. The third kappa shape index (κ3) is 2.66. The SMILES string of the molecule is CNC(=O)C1CCCN1C(=O)c1ccc(I)cc1. The van der Waals surface area contributed by atoms with Crippen LogP contribution in [0.2, 0.25) is 0 Å². The van der Waals surface area contributed by atoms with Gasteiger partial charge in [0.2, 0.25) is 5.91 Å². The summed E-state index contributed by atoms with van der Waals surface area (Å²) in [6.45, 7) is 0.656. The van der Waals surface area contributed by atoms with E-state index < -0.39 is 0 Å². The monoisotopic (exact) mass is 358 g/mol. The lowest BCUT2D eigenvalue weighted by molar-refractivity contribution is -0.124. The van der Waals surface area contributed by atoms with Crippen molar-refractivity contribution in [2.75, 3.05) is 13.6 Å². The van der Waals surface area contributed by atoms with Gasteiger partial charge in [-0.3, -0.25) is 9.59 Å². The quantitative estimate of drug-likeness (QED) is 0.818. The molecule has 0 aromatic heterocycles. The van der Waals surface area contributed by atoms with Crippen LogP contribution in [0.15, 0.2) is 24.3 Å². The molecular formula is C13H15IN2O2. The van der Waals surface area contributed by atoms with E-state index in [1.54, 1.807) is 11.9 Å². The minimum absolute atomic E-state index is 0.0579. The number of nitrogens with zero attached hydrogens (tertiary/aromatic N) is 1. The summed E-state index contributed by atoms with van der Waals surface area (Å²) >= 11 is 2.20. The van der Waals surface area contributed by atoms with Gasteiger partial charge in [-0.05, 0) is 59.7 Å². The third-order valence-corrected chi connectivity index (χ3v) is 3.87. The highest BCUT2D eigenvalue weighted by molar-refractivity contribution is 14.1. The highest BCUT2D eigenvalue weighted by atomic mass is 127. The van der Waals surface area contributed by atoms with Crippen LogP contribution >= 0.6 is 22.6 Å². The summed E-state index contributed by atoms with van der Waals surface area (Å²) < 4.78 is 1.09. The molecule has 0 saturated carbocycles. The molecule has 1 aliphatic heterocycles. The molecule has 1 N–H and O–H groups in total. The molecular weight excluding hydrogens is 343 g/mol. The molecule has 0 radical (unpaired) electrons. The fourth-order valence-corrected chi connectivity index (χ4v) is 2.57. The first-order valence-electron chi connectivity index (χ1n) is 5.91. The van der Waals surface area contributed by atoms with Crippen molar-refractivity contribution in [1.82, 2.24) is 10.2 Å². The van der Waals surface area contributed by atoms with Gasteiger partial charge in [-0.25, -0.2) is 0 Å². The maximum atomic E-state index is 12.3. The average molecular weight is 358 g/mol. The Labute approximate surface area is 120 Å². The van der Waals surface area contributed by atoms with Crippen molar-refractivity contribution in [2.45, 2.75) is 18.9 Å². The average Bonchev–Trinajstić information content (AvgIpc) is 2.87. The van der Waals surface area contributed by atoms with Crippen molar-refractivity contribution in [2.24, 2.45) is 0 Å². The number of carbonyl (C=O) groups excluding carboxylic acids is 2. The van der Waals surface area contributed by atoms with Crippen LogP contribution in [-0.2, 0) is 4.79 Å². The van der Waals surface area contributed by atoms with Gasteiger partial charge in [-0.2, -0.15) is 0 Å². The Bertz CT molecular complexity index is 459. The van der Waals surface area contributed by atoms with Crippen LogP contribution in [0, 0.1) is 3.57 Å². The van der Waals surface area contributed by atoms with Crippen LogP contribution in [-0.4, -0.2) is 36.3 Å². The zero-order chi connectivity index (χ0) is 13.1. The fraction of sp³-hybridized carbons (Fsp3) is 0.385. The smallest absolute Gasteiger partial charge is 0.254 e. The Morgan fingerprint density at radius 3 is 2.61 bits per heavy atom. The van der Waals surface area contributed by atoms with Crippen molar-refractivity contribution in [1.29, 1.82) is 0 Å². The van der Waals surface area contributed by atoms with E-state index in [4.69, 9.17) is 0 Å². The molecule has 1 fully saturated rings. The predicted octanol–water partition coefficient (Wildman–Crippen LogP) is 1.64. The van der Waals surface area contributed by atoms with Gasteiger partial charge >= 0.3 is 0 Å². The van der Waals surface area contributed by atoms with Gasteiger partial charge in [0.1, 0.15) is 6.04 Å². The van der Waals surface area contributed by atoms with Gasteiger partial charge in [0.15, 0.2) is 0 Å².